The molecule has 0 saturated heterocycles. The number of benzene rings is 2. The van der Waals surface area contributed by atoms with Crippen molar-refractivity contribution in [1.82, 2.24) is 10.2 Å². The number of likely N-dealkylation sites (N-methyl/N-ethyl adjacent to an activating group) is 1. The maximum absolute atomic E-state index is 14.1. The fourth-order valence-corrected chi connectivity index (χ4v) is 3.86. The second-order valence-electron chi connectivity index (χ2n) is 6.27. The van der Waals surface area contributed by atoms with Crippen LogP contribution in [0.3, 0.4) is 0 Å². The Kier molecular flexibility index (Phi) is 8.80. The Hall–Kier alpha value is -2.05. The summed E-state index contributed by atoms with van der Waals surface area (Å²) < 4.78 is 14.1. The number of carbonyl (C=O) groups is 2. The van der Waals surface area contributed by atoms with Crippen molar-refractivity contribution in [3.05, 3.63) is 70.5 Å². The fourth-order valence-electron chi connectivity index (χ4n) is 2.66. The Balaban J connectivity index is 2.08. The minimum atomic E-state index is -0.701. The van der Waals surface area contributed by atoms with Crippen LogP contribution in [0, 0.1) is 5.82 Å². The van der Waals surface area contributed by atoms with E-state index in [1.165, 1.54) is 22.7 Å². The minimum Gasteiger partial charge on any atom is -0.355 e. The highest BCUT2D eigenvalue weighted by molar-refractivity contribution is 7.99. The van der Waals surface area contributed by atoms with Gasteiger partial charge < -0.3 is 10.2 Å². The van der Waals surface area contributed by atoms with Gasteiger partial charge in [0.15, 0.2) is 0 Å². The molecule has 0 heterocycles. The molecule has 0 aliphatic carbocycles. The topological polar surface area (TPSA) is 49.4 Å². The Morgan fingerprint density at radius 1 is 1.14 bits per heavy atom. The monoisotopic (exact) mass is 422 g/mol. The first-order valence-corrected chi connectivity index (χ1v) is 10.6. The third kappa shape index (κ3) is 6.24. The van der Waals surface area contributed by atoms with Gasteiger partial charge in [0.25, 0.3) is 0 Å². The molecule has 0 aromatic heterocycles. The molecule has 0 aliphatic rings. The summed E-state index contributed by atoms with van der Waals surface area (Å²) in [5, 5.41) is 3.37. The van der Waals surface area contributed by atoms with E-state index in [1.807, 2.05) is 25.1 Å². The molecule has 4 nitrogen and oxygen atoms in total. The second-order valence-corrected chi connectivity index (χ2v) is 7.66. The lowest BCUT2D eigenvalue weighted by atomic mass is 10.1. The standard InChI is InChI=1S/C21H24ClFN2O2S/c1-3-24-21(27)15(2)25(12-16-8-5-7-11-19(16)23)20(26)14-28-13-17-9-4-6-10-18(17)22/h4-11,15H,3,12-14H2,1-2H3,(H,24,27)/t15-/m1/s1. The highest BCUT2D eigenvalue weighted by Gasteiger charge is 2.26. The van der Waals surface area contributed by atoms with Crippen LogP contribution < -0.4 is 5.32 Å². The molecule has 2 aromatic rings. The predicted octanol–water partition coefficient (Wildman–Crippen LogP) is 4.27. The van der Waals surface area contributed by atoms with Crippen LogP contribution >= 0.6 is 23.4 Å². The van der Waals surface area contributed by atoms with Gasteiger partial charge in [0.2, 0.25) is 11.8 Å². The Labute approximate surface area is 174 Å². The summed E-state index contributed by atoms with van der Waals surface area (Å²) in [4.78, 5) is 26.6. The van der Waals surface area contributed by atoms with E-state index in [1.54, 1.807) is 31.2 Å². The molecule has 0 spiro atoms. The van der Waals surface area contributed by atoms with Crippen LogP contribution in [-0.4, -0.2) is 35.1 Å². The Morgan fingerprint density at radius 2 is 1.79 bits per heavy atom. The molecular weight excluding hydrogens is 399 g/mol. The van der Waals surface area contributed by atoms with E-state index in [4.69, 9.17) is 11.6 Å². The summed E-state index contributed by atoms with van der Waals surface area (Å²) >= 11 is 7.56. The summed E-state index contributed by atoms with van der Waals surface area (Å²) in [5.41, 5.74) is 1.32. The van der Waals surface area contributed by atoms with E-state index in [0.717, 1.165) is 5.56 Å². The zero-order valence-electron chi connectivity index (χ0n) is 16.0. The van der Waals surface area contributed by atoms with Crippen LogP contribution in [0.1, 0.15) is 25.0 Å². The number of nitrogens with one attached hydrogen (secondary N) is 1. The van der Waals surface area contributed by atoms with Crippen LogP contribution in [-0.2, 0) is 21.9 Å². The smallest absolute Gasteiger partial charge is 0.242 e. The lowest BCUT2D eigenvalue weighted by Gasteiger charge is -2.28. The first-order valence-electron chi connectivity index (χ1n) is 9.05. The molecule has 28 heavy (non-hydrogen) atoms. The summed E-state index contributed by atoms with van der Waals surface area (Å²) in [6.45, 7) is 3.97. The van der Waals surface area contributed by atoms with Gasteiger partial charge in [-0.25, -0.2) is 4.39 Å². The molecule has 2 aromatic carbocycles. The van der Waals surface area contributed by atoms with Crippen LogP contribution in [0.25, 0.3) is 0 Å². The van der Waals surface area contributed by atoms with Gasteiger partial charge in [-0.2, -0.15) is 0 Å². The number of halogens is 2. The van der Waals surface area contributed by atoms with Crippen LogP contribution in [0.4, 0.5) is 4.39 Å². The molecule has 2 rings (SSSR count). The van der Waals surface area contributed by atoms with E-state index in [2.05, 4.69) is 5.32 Å². The maximum atomic E-state index is 14.1. The van der Waals surface area contributed by atoms with Crippen molar-refractivity contribution < 1.29 is 14.0 Å². The molecular formula is C21H24ClFN2O2S. The third-order valence-electron chi connectivity index (χ3n) is 4.26. The Bertz CT molecular complexity index is 818. The highest BCUT2D eigenvalue weighted by Crippen LogP contribution is 2.22. The average molecular weight is 423 g/mol. The van der Waals surface area contributed by atoms with Crippen LogP contribution in [0.15, 0.2) is 48.5 Å². The number of rotatable bonds is 9. The first kappa shape index (κ1) is 22.2. The van der Waals surface area contributed by atoms with Gasteiger partial charge in [-0.3, -0.25) is 9.59 Å². The van der Waals surface area contributed by atoms with Crippen LogP contribution in [0.5, 0.6) is 0 Å². The largest absolute Gasteiger partial charge is 0.355 e. The number of thioether (sulfide) groups is 1. The average Bonchev–Trinajstić information content (AvgIpc) is 2.68. The van der Waals surface area contributed by atoms with E-state index >= 15 is 0 Å². The predicted molar refractivity (Wildman–Crippen MR) is 113 cm³/mol. The molecule has 7 heteroatoms. The minimum absolute atomic E-state index is 0.0382. The fraction of sp³-hybridized carbons (Fsp3) is 0.333. The Morgan fingerprint density at radius 3 is 2.43 bits per heavy atom. The van der Waals surface area contributed by atoms with Crippen molar-refractivity contribution in [3.63, 3.8) is 0 Å². The molecule has 0 aliphatic heterocycles. The van der Waals surface area contributed by atoms with Gasteiger partial charge >= 0.3 is 0 Å². The van der Waals surface area contributed by atoms with Gasteiger partial charge in [-0.05, 0) is 31.5 Å². The number of hydrogen-bond donors (Lipinski definition) is 1. The van der Waals surface area contributed by atoms with Crippen molar-refractivity contribution in [2.45, 2.75) is 32.2 Å². The zero-order chi connectivity index (χ0) is 20.5. The van der Waals surface area contributed by atoms with Gasteiger partial charge in [0.05, 0.1) is 5.75 Å². The number of hydrogen-bond acceptors (Lipinski definition) is 3. The summed E-state index contributed by atoms with van der Waals surface area (Å²) in [6.07, 6.45) is 0. The van der Waals surface area contributed by atoms with E-state index in [9.17, 15) is 14.0 Å². The molecule has 150 valence electrons. The second kappa shape index (κ2) is 11.1. The van der Waals surface area contributed by atoms with Crippen molar-refractivity contribution in [1.29, 1.82) is 0 Å². The quantitative estimate of drug-likeness (QED) is 0.656. The van der Waals surface area contributed by atoms with Crippen LogP contribution in [0.2, 0.25) is 5.02 Å². The van der Waals surface area contributed by atoms with E-state index in [-0.39, 0.29) is 24.1 Å². The summed E-state index contributed by atoms with van der Waals surface area (Å²) in [6, 6.07) is 13.0. The molecule has 1 N–H and O–H groups in total. The zero-order valence-corrected chi connectivity index (χ0v) is 17.5. The molecule has 0 fully saturated rings. The lowest BCUT2D eigenvalue weighted by Crippen LogP contribution is -2.48. The van der Waals surface area contributed by atoms with Gasteiger partial charge in [-0.1, -0.05) is 48.0 Å². The van der Waals surface area contributed by atoms with Crippen molar-refractivity contribution in [3.8, 4) is 0 Å². The number of nitrogens with zero attached hydrogens (tertiary/aromatic N) is 1. The highest BCUT2D eigenvalue weighted by atomic mass is 35.5. The van der Waals surface area contributed by atoms with Gasteiger partial charge in [-0.15, -0.1) is 11.8 Å². The molecule has 2 amide bonds. The maximum Gasteiger partial charge on any atom is 0.242 e. The van der Waals surface area contributed by atoms with Crippen molar-refractivity contribution >= 4 is 35.2 Å². The number of amides is 2. The molecule has 0 radical (unpaired) electrons. The van der Waals surface area contributed by atoms with Gasteiger partial charge in [0, 0.05) is 29.4 Å². The normalized spacial score (nSPS) is 11.7. The summed E-state index contributed by atoms with van der Waals surface area (Å²) in [5.74, 6) is -0.132. The van der Waals surface area contributed by atoms with E-state index in [0.29, 0.717) is 22.9 Å². The van der Waals surface area contributed by atoms with Crippen molar-refractivity contribution in [2.24, 2.45) is 0 Å². The number of carbonyl (C=O) groups excluding carboxylic acids is 2. The van der Waals surface area contributed by atoms with E-state index < -0.39 is 11.9 Å². The first-order chi connectivity index (χ1) is 13.4. The van der Waals surface area contributed by atoms with Crippen molar-refractivity contribution in [2.75, 3.05) is 12.3 Å². The molecule has 0 bridgehead atoms. The SMILES string of the molecule is CCNC(=O)[C@@H](C)N(Cc1ccccc1F)C(=O)CSCc1ccccc1Cl. The third-order valence-corrected chi connectivity index (χ3v) is 5.59. The lowest BCUT2D eigenvalue weighted by molar-refractivity contribution is -0.138. The van der Waals surface area contributed by atoms with Gasteiger partial charge in [0.1, 0.15) is 11.9 Å². The molecule has 1 atom stereocenters. The summed E-state index contributed by atoms with van der Waals surface area (Å²) in [7, 11) is 0. The molecule has 0 saturated carbocycles. The molecule has 0 unspecified atom stereocenters.